The topological polar surface area (TPSA) is 34.1 Å². The van der Waals surface area contributed by atoms with Crippen LogP contribution in [0, 0.1) is 5.92 Å². The van der Waals surface area contributed by atoms with Crippen molar-refractivity contribution in [3.8, 4) is 0 Å². The molecule has 0 unspecified atom stereocenters. The predicted molar refractivity (Wildman–Crippen MR) is 62.3 cm³/mol. The fourth-order valence-electron chi connectivity index (χ4n) is 2.47. The molecule has 2 heteroatoms. The Labute approximate surface area is 95.7 Å². The van der Waals surface area contributed by atoms with E-state index in [0.717, 1.165) is 12.8 Å². The van der Waals surface area contributed by atoms with Crippen LogP contribution in [0.15, 0.2) is 24.3 Å². The second-order valence-electron chi connectivity index (χ2n) is 4.66. The quantitative estimate of drug-likeness (QED) is 0.724. The normalized spacial score (nSPS) is 14.8. The predicted octanol–water partition coefficient (Wildman–Crippen LogP) is 2.34. The van der Waals surface area contributed by atoms with Crippen LogP contribution in [0.5, 0.6) is 0 Å². The minimum Gasteiger partial charge on any atom is -0.300 e. The van der Waals surface area contributed by atoms with Crippen molar-refractivity contribution in [2.24, 2.45) is 5.92 Å². The van der Waals surface area contributed by atoms with Gasteiger partial charge in [0.15, 0.2) is 0 Å². The van der Waals surface area contributed by atoms with Crippen LogP contribution in [0.3, 0.4) is 0 Å². The highest BCUT2D eigenvalue weighted by Gasteiger charge is 2.23. The van der Waals surface area contributed by atoms with E-state index >= 15 is 0 Å². The summed E-state index contributed by atoms with van der Waals surface area (Å²) < 4.78 is 0. The molecule has 0 aliphatic heterocycles. The van der Waals surface area contributed by atoms with Gasteiger partial charge in [-0.05, 0) is 36.8 Å². The molecule has 0 bridgehead atoms. The van der Waals surface area contributed by atoms with Crippen LogP contribution >= 0.6 is 0 Å². The summed E-state index contributed by atoms with van der Waals surface area (Å²) in [5.41, 5.74) is 2.73. The minimum absolute atomic E-state index is 0.0273. The molecular formula is C14H16O2. The highest BCUT2D eigenvalue weighted by molar-refractivity contribution is 5.98. The molecule has 2 nitrogen and oxygen atoms in total. The Balaban J connectivity index is 1.92. The molecule has 0 atom stereocenters. The van der Waals surface area contributed by atoms with Gasteiger partial charge < -0.3 is 0 Å². The van der Waals surface area contributed by atoms with Crippen molar-refractivity contribution >= 4 is 11.6 Å². The van der Waals surface area contributed by atoms with Crippen molar-refractivity contribution in [3.63, 3.8) is 0 Å². The first-order valence-electron chi connectivity index (χ1n) is 5.73. The highest BCUT2D eigenvalue weighted by Crippen LogP contribution is 2.28. The van der Waals surface area contributed by atoms with Gasteiger partial charge in [-0.3, -0.25) is 9.59 Å². The van der Waals surface area contributed by atoms with Gasteiger partial charge >= 0.3 is 0 Å². The van der Waals surface area contributed by atoms with Gasteiger partial charge in [0.2, 0.25) is 0 Å². The van der Waals surface area contributed by atoms with E-state index in [1.165, 1.54) is 18.1 Å². The Bertz CT molecular complexity index is 395. The van der Waals surface area contributed by atoms with Crippen molar-refractivity contribution in [3.05, 3.63) is 35.4 Å². The zero-order valence-electron chi connectivity index (χ0n) is 9.53. The SMILES string of the molecule is CC(=O)CC(=O)CC1Cc2ccccc2C1. The molecular weight excluding hydrogens is 200 g/mol. The van der Waals surface area contributed by atoms with Crippen LogP contribution < -0.4 is 0 Å². The fourth-order valence-corrected chi connectivity index (χ4v) is 2.47. The molecule has 0 saturated carbocycles. The lowest BCUT2D eigenvalue weighted by Crippen LogP contribution is -2.11. The van der Waals surface area contributed by atoms with Crippen LogP contribution in [0.2, 0.25) is 0 Å². The molecule has 0 amide bonds. The highest BCUT2D eigenvalue weighted by atomic mass is 16.1. The summed E-state index contributed by atoms with van der Waals surface area (Å²) in [6.07, 6.45) is 2.63. The summed E-state index contributed by atoms with van der Waals surface area (Å²) in [5, 5.41) is 0. The third-order valence-corrected chi connectivity index (χ3v) is 3.10. The van der Waals surface area contributed by atoms with E-state index in [1.54, 1.807) is 0 Å². The third-order valence-electron chi connectivity index (χ3n) is 3.10. The number of hydrogen-bond donors (Lipinski definition) is 0. The molecule has 2 rings (SSSR count). The molecule has 0 radical (unpaired) electrons. The summed E-state index contributed by atoms with van der Waals surface area (Å²) in [7, 11) is 0. The summed E-state index contributed by atoms with van der Waals surface area (Å²) in [5.74, 6) is 0.468. The molecule has 0 saturated heterocycles. The third kappa shape index (κ3) is 2.57. The standard InChI is InChI=1S/C14H16O2/c1-10(15)6-14(16)9-11-7-12-4-2-3-5-13(12)8-11/h2-5,11H,6-9H2,1H3. The summed E-state index contributed by atoms with van der Waals surface area (Å²) in [4.78, 5) is 22.4. The molecule has 1 aromatic carbocycles. The number of hydrogen-bond acceptors (Lipinski definition) is 2. The van der Waals surface area contributed by atoms with Crippen LogP contribution in [0.4, 0.5) is 0 Å². The molecule has 0 heterocycles. The number of benzene rings is 1. The second kappa shape index (κ2) is 4.60. The summed E-state index contributed by atoms with van der Waals surface area (Å²) >= 11 is 0. The smallest absolute Gasteiger partial charge is 0.140 e. The van der Waals surface area contributed by atoms with E-state index in [2.05, 4.69) is 12.1 Å². The average Bonchev–Trinajstić information content (AvgIpc) is 2.57. The summed E-state index contributed by atoms with van der Waals surface area (Å²) in [6, 6.07) is 8.34. The lowest BCUT2D eigenvalue weighted by atomic mass is 9.97. The Morgan fingerprint density at radius 3 is 2.25 bits per heavy atom. The molecule has 0 N–H and O–H groups in total. The number of fused-ring (bicyclic) bond motifs is 1. The number of Topliss-reactive ketones (excluding diaryl/α,β-unsaturated/α-hetero) is 2. The maximum atomic E-state index is 11.5. The van der Waals surface area contributed by atoms with Crippen molar-refractivity contribution in [1.82, 2.24) is 0 Å². The fraction of sp³-hybridized carbons (Fsp3) is 0.429. The van der Waals surface area contributed by atoms with Gasteiger partial charge in [-0.2, -0.15) is 0 Å². The summed E-state index contributed by atoms with van der Waals surface area (Å²) in [6.45, 7) is 1.47. The number of carbonyl (C=O) groups is 2. The van der Waals surface area contributed by atoms with Crippen LogP contribution in [0.25, 0.3) is 0 Å². The Morgan fingerprint density at radius 1 is 1.19 bits per heavy atom. The van der Waals surface area contributed by atoms with E-state index in [9.17, 15) is 9.59 Å². The first kappa shape index (κ1) is 11.1. The van der Waals surface area contributed by atoms with E-state index in [-0.39, 0.29) is 18.0 Å². The molecule has 0 fully saturated rings. The lowest BCUT2D eigenvalue weighted by molar-refractivity contribution is -0.126. The van der Waals surface area contributed by atoms with Gasteiger partial charge in [-0.15, -0.1) is 0 Å². The molecule has 1 aliphatic carbocycles. The van der Waals surface area contributed by atoms with E-state index < -0.39 is 0 Å². The molecule has 16 heavy (non-hydrogen) atoms. The number of rotatable bonds is 4. The largest absolute Gasteiger partial charge is 0.300 e. The molecule has 1 aromatic rings. The van der Waals surface area contributed by atoms with Gasteiger partial charge in [-0.1, -0.05) is 24.3 Å². The van der Waals surface area contributed by atoms with Crippen molar-refractivity contribution < 1.29 is 9.59 Å². The van der Waals surface area contributed by atoms with Crippen molar-refractivity contribution in [2.45, 2.75) is 32.6 Å². The maximum absolute atomic E-state index is 11.5. The Kier molecular flexibility index (Phi) is 3.18. The van der Waals surface area contributed by atoms with Gasteiger partial charge in [0.1, 0.15) is 11.6 Å². The molecule has 0 spiro atoms. The molecule has 84 valence electrons. The first-order chi connectivity index (χ1) is 7.65. The van der Waals surface area contributed by atoms with Crippen LogP contribution in [0.1, 0.15) is 30.9 Å². The molecule has 0 aromatic heterocycles. The van der Waals surface area contributed by atoms with E-state index in [1.807, 2.05) is 12.1 Å². The van der Waals surface area contributed by atoms with Crippen molar-refractivity contribution in [2.75, 3.05) is 0 Å². The van der Waals surface area contributed by atoms with Crippen LogP contribution in [-0.2, 0) is 22.4 Å². The second-order valence-corrected chi connectivity index (χ2v) is 4.66. The van der Waals surface area contributed by atoms with Crippen molar-refractivity contribution in [1.29, 1.82) is 0 Å². The van der Waals surface area contributed by atoms with Gasteiger partial charge in [0.25, 0.3) is 0 Å². The van der Waals surface area contributed by atoms with Crippen LogP contribution in [-0.4, -0.2) is 11.6 Å². The average molecular weight is 216 g/mol. The Hall–Kier alpha value is -1.44. The monoisotopic (exact) mass is 216 g/mol. The van der Waals surface area contributed by atoms with Gasteiger partial charge in [0.05, 0.1) is 6.42 Å². The molecule has 1 aliphatic rings. The van der Waals surface area contributed by atoms with E-state index in [4.69, 9.17) is 0 Å². The number of carbonyl (C=O) groups excluding carboxylic acids is 2. The first-order valence-corrected chi connectivity index (χ1v) is 5.73. The zero-order chi connectivity index (χ0) is 11.5. The number of ketones is 2. The maximum Gasteiger partial charge on any atom is 0.140 e. The zero-order valence-corrected chi connectivity index (χ0v) is 9.53. The van der Waals surface area contributed by atoms with Gasteiger partial charge in [0, 0.05) is 6.42 Å². The minimum atomic E-state index is -0.0273. The van der Waals surface area contributed by atoms with E-state index in [0.29, 0.717) is 12.3 Å². The Morgan fingerprint density at radius 2 is 1.75 bits per heavy atom. The lowest BCUT2D eigenvalue weighted by Gasteiger charge is -2.06. The van der Waals surface area contributed by atoms with Gasteiger partial charge in [-0.25, -0.2) is 0 Å².